The van der Waals surface area contributed by atoms with Gasteiger partial charge in [-0.15, -0.1) is 0 Å². The molecule has 0 heterocycles. The van der Waals surface area contributed by atoms with E-state index in [0.717, 1.165) is 45.8 Å². The molecule has 12 aliphatic rings. The molecular formula is C33H54. The van der Waals surface area contributed by atoms with Gasteiger partial charge in [0.05, 0.1) is 0 Å². The lowest BCUT2D eigenvalue weighted by Gasteiger charge is -2.60. The minimum atomic E-state index is 0.763. The Kier molecular flexibility index (Phi) is 5.22. The lowest BCUT2D eigenvalue weighted by Crippen LogP contribution is -2.49. The third kappa shape index (κ3) is 4.39. The molecule has 33 heavy (non-hydrogen) atoms. The van der Waals surface area contributed by atoms with Gasteiger partial charge in [-0.05, 0) is 185 Å². The summed E-state index contributed by atoms with van der Waals surface area (Å²) in [5.74, 6) is 10.4. The Morgan fingerprint density at radius 2 is 0.545 bits per heavy atom. The summed E-state index contributed by atoms with van der Waals surface area (Å²) in [4.78, 5) is 0. The molecular weight excluding hydrogens is 396 g/mol. The summed E-state index contributed by atoms with van der Waals surface area (Å²) in [6.45, 7) is 7.63. The lowest BCUT2D eigenvalue weighted by atomic mass is 9.45. The van der Waals surface area contributed by atoms with E-state index in [-0.39, 0.29) is 0 Å². The molecule has 0 unspecified atom stereocenters. The van der Waals surface area contributed by atoms with E-state index in [9.17, 15) is 0 Å². The first-order valence-corrected chi connectivity index (χ1v) is 15.7. The average Bonchev–Trinajstić information content (AvgIpc) is 2.63. The zero-order valence-electron chi connectivity index (χ0n) is 22.4. The SMILES string of the molecule is C1C2CC3CC1CC(C2)C3.CC12CC3CC(C1)CC(C)(C3)C2.CC12CC3CC(CC(C3)C1)C2. The zero-order chi connectivity index (χ0) is 22.4. The van der Waals surface area contributed by atoms with Crippen LogP contribution in [0, 0.1) is 69.5 Å². The Bertz CT molecular complexity index is 617. The Balaban J connectivity index is 0.0000000867. The molecule has 12 fully saturated rings. The van der Waals surface area contributed by atoms with Gasteiger partial charge >= 0.3 is 0 Å². The second kappa shape index (κ2) is 7.75. The van der Waals surface area contributed by atoms with Crippen LogP contribution in [0.15, 0.2) is 0 Å². The van der Waals surface area contributed by atoms with E-state index >= 15 is 0 Å². The largest absolute Gasteiger partial charge is 0.0596 e. The normalized spacial score (nSPS) is 60.3. The van der Waals surface area contributed by atoms with Crippen molar-refractivity contribution < 1.29 is 0 Å². The maximum Gasteiger partial charge on any atom is -0.0315 e. The van der Waals surface area contributed by atoms with Gasteiger partial charge in [-0.25, -0.2) is 0 Å². The monoisotopic (exact) mass is 450 g/mol. The molecule has 12 rings (SSSR count). The van der Waals surface area contributed by atoms with Crippen molar-refractivity contribution >= 4 is 0 Å². The molecule has 0 nitrogen and oxygen atoms in total. The molecule has 0 radical (unpaired) electrons. The van der Waals surface area contributed by atoms with Gasteiger partial charge in [0, 0.05) is 0 Å². The summed E-state index contributed by atoms with van der Waals surface area (Å²) in [5, 5.41) is 0. The topological polar surface area (TPSA) is 0 Å². The molecule has 0 aliphatic heterocycles. The van der Waals surface area contributed by atoms with Crippen LogP contribution >= 0.6 is 0 Å². The maximum atomic E-state index is 2.54. The van der Waals surface area contributed by atoms with Gasteiger partial charge in [-0.1, -0.05) is 20.8 Å². The summed E-state index contributed by atoms with van der Waals surface area (Å²) >= 11 is 0. The second-order valence-electron chi connectivity index (χ2n) is 17.2. The van der Waals surface area contributed by atoms with Crippen molar-refractivity contribution in [2.45, 2.75) is 136 Å². The quantitative estimate of drug-likeness (QED) is 0.344. The Hall–Kier alpha value is 0. The summed E-state index contributed by atoms with van der Waals surface area (Å²) in [5.41, 5.74) is 2.33. The van der Waals surface area contributed by atoms with E-state index in [1.165, 1.54) is 30.1 Å². The molecule has 0 heteroatoms. The summed E-state index contributed by atoms with van der Waals surface area (Å²) < 4.78 is 0. The molecule has 0 aromatic carbocycles. The molecule has 0 amide bonds. The first kappa shape index (κ1) is 22.2. The summed E-state index contributed by atoms with van der Waals surface area (Å²) in [7, 11) is 0. The van der Waals surface area contributed by atoms with E-state index in [1.54, 1.807) is 109 Å². The van der Waals surface area contributed by atoms with Crippen molar-refractivity contribution in [3.05, 3.63) is 0 Å². The van der Waals surface area contributed by atoms with E-state index in [0.29, 0.717) is 0 Å². The third-order valence-electron chi connectivity index (χ3n) is 13.0. The van der Waals surface area contributed by atoms with Crippen LogP contribution in [0.1, 0.15) is 136 Å². The minimum Gasteiger partial charge on any atom is -0.0596 e. The van der Waals surface area contributed by atoms with Crippen LogP contribution in [-0.4, -0.2) is 0 Å². The molecule has 12 saturated carbocycles. The highest BCUT2D eigenvalue weighted by Crippen LogP contribution is 2.65. The molecule has 0 saturated heterocycles. The molecule has 0 aromatic heterocycles. The lowest BCUT2D eigenvalue weighted by molar-refractivity contribution is -0.0920. The fourth-order valence-corrected chi connectivity index (χ4v) is 13.7. The van der Waals surface area contributed by atoms with Crippen molar-refractivity contribution in [2.24, 2.45) is 69.5 Å². The van der Waals surface area contributed by atoms with Crippen LogP contribution in [0.4, 0.5) is 0 Å². The molecule has 0 aromatic rings. The number of hydrogen-bond donors (Lipinski definition) is 0. The van der Waals surface area contributed by atoms with Crippen LogP contribution in [0.5, 0.6) is 0 Å². The molecule has 0 atom stereocenters. The zero-order valence-corrected chi connectivity index (χ0v) is 22.4. The predicted molar refractivity (Wildman–Crippen MR) is 139 cm³/mol. The standard InChI is InChI=1S/C12H20.C11H18.C10H16/c1-11-4-9-3-10(5-11)7-12(2,6-9)8-11;1-11-5-8-2-9(6-11)4-10(3-8)7-11;1-7-2-9-4-8(1)5-10(3-7)6-9/h9-10H,3-8H2,1-2H3;8-10H,2-7H2,1H3;7-10H,1-6H2. The number of hydrogen-bond acceptors (Lipinski definition) is 0. The van der Waals surface area contributed by atoms with Crippen LogP contribution in [0.3, 0.4) is 0 Å². The average molecular weight is 451 g/mol. The Labute approximate surface area is 205 Å². The van der Waals surface area contributed by atoms with Gasteiger partial charge in [-0.3, -0.25) is 0 Å². The highest BCUT2D eigenvalue weighted by Gasteiger charge is 2.53. The van der Waals surface area contributed by atoms with Gasteiger partial charge in [0.2, 0.25) is 0 Å². The van der Waals surface area contributed by atoms with Gasteiger partial charge in [0.15, 0.2) is 0 Å². The third-order valence-corrected chi connectivity index (χ3v) is 13.0. The van der Waals surface area contributed by atoms with Crippen molar-refractivity contribution in [1.29, 1.82) is 0 Å². The molecule has 12 aliphatic carbocycles. The number of rotatable bonds is 0. The second-order valence-corrected chi connectivity index (χ2v) is 17.2. The Morgan fingerprint density at radius 3 is 0.818 bits per heavy atom. The van der Waals surface area contributed by atoms with Crippen molar-refractivity contribution in [3.63, 3.8) is 0 Å². The van der Waals surface area contributed by atoms with Crippen LogP contribution in [0.25, 0.3) is 0 Å². The highest BCUT2D eigenvalue weighted by atomic mass is 14.6. The van der Waals surface area contributed by atoms with Crippen LogP contribution < -0.4 is 0 Å². The van der Waals surface area contributed by atoms with Gasteiger partial charge < -0.3 is 0 Å². The first-order chi connectivity index (χ1) is 15.7. The molecule has 0 spiro atoms. The highest BCUT2D eigenvalue weighted by molar-refractivity contribution is 5.04. The Morgan fingerprint density at radius 1 is 0.303 bits per heavy atom. The summed E-state index contributed by atoms with van der Waals surface area (Å²) in [6.07, 6.45) is 28.4. The van der Waals surface area contributed by atoms with E-state index in [1.807, 2.05) is 0 Å². The van der Waals surface area contributed by atoms with Gasteiger partial charge in [-0.2, -0.15) is 0 Å². The van der Waals surface area contributed by atoms with Crippen molar-refractivity contribution in [3.8, 4) is 0 Å². The van der Waals surface area contributed by atoms with Crippen molar-refractivity contribution in [1.82, 2.24) is 0 Å². The van der Waals surface area contributed by atoms with E-state index < -0.39 is 0 Å². The van der Waals surface area contributed by atoms with Crippen LogP contribution in [-0.2, 0) is 0 Å². The smallest absolute Gasteiger partial charge is 0.0315 e. The van der Waals surface area contributed by atoms with Gasteiger partial charge in [0.25, 0.3) is 0 Å². The minimum absolute atomic E-state index is 0.763. The summed E-state index contributed by atoms with van der Waals surface area (Å²) in [6, 6.07) is 0. The maximum absolute atomic E-state index is 2.54. The van der Waals surface area contributed by atoms with Gasteiger partial charge in [0.1, 0.15) is 0 Å². The van der Waals surface area contributed by atoms with Crippen LogP contribution in [0.2, 0.25) is 0 Å². The molecule has 186 valence electrons. The molecule has 12 bridgehead atoms. The predicted octanol–water partition coefficient (Wildman–Crippen LogP) is 9.67. The van der Waals surface area contributed by atoms with E-state index in [4.69, 9.17) is 0 Å². The molecule has 0 N–H and O–H groups in total. The van der Waals surface area contributed by atoms with Crippen molar-refractivity contribution in [2.75, 3.05) is 0 Å². The fourth-order valence-electron chi connectivity index (χ4n) is 13.7. The van der Waals surface area contributed by atoms with E-state index in [2.05, 4.69) is 20.8 Å². The first-order valence-electron chi connectivity index (χ1n) is 15.7. The fraction of sp³-hybridized carbons (Fsp3) is 1.00.